The van der Waals surface area contributed by atoms with Crippen molar-refractivity contribution in [2.75, 3.05) is 13.7 Å². The Bertz CT molecular complexity index is 577. The Kier molecular flexibility index (Phi) is 5.81. The van der Waals surface area contributed by atoms with Crippen LogP contribution in [-0.2, 0) is 16.0 Å². The number of rotatable bonds is 8. The van der Waals surface area contributed by atoms with Gasteiger partial charge in [0.1, 0.15) is 0 Å². The highest BCUT2D eigenvalue weighted by Crippen LogP contribution is 2.19. The van der Waals surface area contributed by atoms with Gasteiger partial charge in [-0.15, -0.1) is 0 Å². The number of methoxy groups -OCH3 is 1. The maximum absolute atomic E-state index is 11.8. The lowest BCUT2D eigenvalue weighted by molar-refractivity contribution is -0.121. The van der Waals surface area contributed by atoms with Crippen LogP contribution in [-0.4, -0.2) is 30.6 Å². The summed E-state index contributed by atoms with van der Waals surface area (Å²) in [6.45, 7) is 2.69. The Labute approximate surface area is 125 Å². The number of aromatic nitrogens is 1. The van der Waals surface area contributed by atoms with Gasteiger partial charge in [-0.05, 0) is 37.8 Å². The number of carbonyl (C=O) groups is 1. The maximum Gasteiger partial charge on any atom is 0.220 e. The van der Waals surface area contributed by atoms with Crippen LogP contribution in [0.1, 0.15) is 31.7 Å². The van der Waals surface area contributed by atoms with Crippen LogP contribution in [0.3, 0.4) is 0 Å². The number of para-hydroxylation sites is 1. The Morgan fingerprint density at radius 1 is 1.38 bits per heavy atom. The molecule has 0 saturated heterocycles. The van der Waals surface area contributed by atoms with Crippen molar-refractivity contribution in [3.8, 4) is 0 Å². The molecule has 0 fully saturated rings. The minimum atomic E-state index is 0.124. The molecule has 0 saturated carbocycles. The second-order valence-electron chi connectivity index (χ2n) is 5.46. The van der Waals surface area contributed by atoms with Crippen molar-refractivity contribution in [3.05, 3.63) is 36.0 Å². The van der Waals surface area contributed by atoms with Crippen LogP contribution in [0.2, 0.25) is 0 Å². The first-order valence-corrected chi connectivity index (χ1v) is 7.54. The van der Waals surface area contributed by atoms with Gasteiger partial charge in [-0.1, -0.05) is 18.2 Å². The number of fused-ring (bicyclic) bond motifs is 1. The van der Waals surface area contributed by atoms with E-state index in [1.807, 2.05) is 25.3 Å². The number of H-pyrrole nitrogens is 1. The lowest BCUT2D eigenvalue weighted by Gasteiger charge is -2.13. The quantitative estimate of drug-likeness (QED) is 0.784. The first kappa shape index (κ1) is 15.6. The largest absolute Gasteiger partial charge is 0.385 e. The summed E-state index contributed by atoms with van der Waals surface area (Å²) >= 11 is 0. The molecule has 4 heteroatoms. The molecular formula is C17H24N2O2. The van der Waals surface area contributed by atoms with Crippen LogP contribution < -0.4 is 5.32 Å². The van der Waals surface area contributed by atoms with Gasteiger partial charge < -0.3 is 15.0 Å². The topological polar surface area (TPSA) is 54.1 Å². The van der Waals surface area contributed by atoms with E-state index < -0.39 is 0 Å². The molecule has 0 radical (unpaired) electrons. The van der Waals surface area contributed by atoms with Crippen molar-refractivity contribution in [2.24, 2.45) is 0 Å². The highest BCUT2D eigenvalue weighted by Gasteiger charge is 2.08. The number of amides is 1. The van der Waals surface area contributed by atoms with Crippen molar-refractivity contribution < 1.29 is 9.53 Å². The van der Waals surface area contributed by atoms with Gasteiger partial charge in [-0.25, -0.2) is 0 Å². The van der Waals surface area contributed by atoms with Crippen LogP contribution in [0.25, 0.3) is 10.9 Å². The van der Waals surface area contributed by atoms with E-state index in [0.29, 0.717) is 13.0 Å². The number of benzene rings is 1. The SMILES string of the molecule is COCCC(C)NC(=O)CCCc1c[nH]c2ccccc12. The number of carbonyl (C=O) groups excluding carboxylic acids is 1. The number of hydrogen-bond donors (Lipinski definition) is 2. The molecule has 1 atom stereocenters. The molecule has 114 valence electrons. The monoisotopic (exact) mass is 288 g/mol. The van der Waals surface area contributed by atoms with Gasteiger partial charge in [-0.3, -0.25) is 4.79 Å². The summed E-state index contributed by atoms with van der Waals surface area (Å²) in [6, 6.07) is 8.43. The van der Waals surface area contributed by atoms with E-state index in [0.717, 1.165) is 24.8 Å². The molecule has 2 N–H and O–H groups in total. The predicted molar refractivity (Wildman–Crippen MR) is 85.3 cm³/mol. The van der Waals surface area contributed by atoms with Gasteiger partial charge in [0.05, 0.1) is 0 Å². The molecule has 0 aliphatic heterocycles. The molecule has 21 heavy (non-hydrogen) atoms. The second-order valence-corrected chi connectivity index (χ2v) is 5.46. The molecule has 1 aromatic heterocycles. The lowest BCUT2D eigenvalue weighted by Crippen LogP contribution is -2.33. The zero-order chi connectivity index (χ0) is 15.1. The van der Waals surface area contributed by atoms with E-state index in [1.54, 1.807) is 7.11 Å². The maximum atomic E-state index is 11.8. The summed E-state index contributed by atoms with van der Waals surface area (Å²) in [6.07, 6.45) is 5.25. The Balaban J connectivity index is 1.75. The van der Waals surface area contributed by atoms with Gasteiger partial charge in [0, 0.05) is 43.3 Å². The zero-order valence-electron chi connectivity index (χ0n) is 12.8. The van der Waals surface area contributed by atoms with E-state index in [4.69, 9.17) is 4.74 Å². The van der Waals surface area contributed by atoms with Gasteiger partial charge in [0.15, 0.2) is 0 Å². The van der Waals surface area contributed by atoms with Crippen LogP contribution in [0.15, 0.2) is 30.5 Å². The smallest absolute Gasteiger partial charge is 0.220 e. The summed E-state index contributed by atoms with van der Waals surface area (Å²) < 4.78 is 5.01. The minimum absolute atomic E-state index is 0.124. The average Bonchev–Trinajstić information content (AvgIpc) is 2.88. The third kappa shape index (κ3) is 4.60. The van der Waals surface area contributed by atoms with Crippen molar-refractivity contribution in [3.63, 3.8) is 0 Å². The molecule has 0 bridgehead atoms. The zero-order valence-corrected chi connectivity index (χ0v) is 12.8. The van der Waals surface area contributed by atoms with E-state index in [-0.39, 0.29) is 11.9 Å². The Hall–Kier alpha value is -1.81. The molecule has 0 aliphatic rings. The van der Waals surface area contributed by atoms with Crippen LogP contribution in [0.4, 0.5) is 0 Å². The fraction of sp³-hybridized carbons (Fsp3) is 0.471. The Morgan fingerprint density at radius 2 is 2.19 bits per heavy atom. The molecule has 1 aromatic carbocycles. The third-order valence-electron chi connectivity index (χ3n) is 3.69. The molecule has 0 aliphatic carbocycles. The molecule has 2 aromatic rings. The van der Waals surface area contributed by atoms with Gasteiger partial charge in [-0.2, -0.15) is 0 Å². The van der Waals surface area contributed by atoms with E-state index in [9.17, 15) is 4.79 Å². The van der Waals surface area contributed by atoms with E-state index >= 15 is 0 Å². The molecule has 1 amide bonds. The summed E-state index contributed by atoms with van der Waals surface area (Å²) in [5.41, 5.74) is 2.44. The Morgan fingerprint density at radius 3 is 3.00 bits per heavy atom. The summed E-state index contributed by atoms with van der Waals surface area (Å²) in [5, 5.41) is 4.26. The number of aryl methyl sites for hydroxylation is 1. The van der Waals surface area contributed by atoms with Crippen LogP contribution >= 0.6 is 0 Å². The van der Waals surface area contributed by atoms with Crippen LogP contribution in [0, 0.1) is 0 Å². The molecule has 1 heterocycles. The fourth-order valence-corrected chi connectivity index (χ4v) is 2.49. The number of hydrogen-bond acceptors (Lipinski definition) is 2. The number of aromatic amines is 1. The van der Waals surface area contributed by atoms with Gasteiger partial charge in [0.25, 0.3) is 0 Å². The minimum Gasteiger partial charge on any atom is -0.385 e. The second kappa shape index (κ2) is 7.84. The predicted octanol–water partition coefficient (Wildman–Crippen LogP) is 3.03. The highest BCUT2D eigenvalue weighted by molar-refractivity contribution is 5.83. The van der Waals surface area contributed by atoms with Crippen molar-refractivity contribution >= 4 is 16.8 Å². The van der Waals surface area contributed by atoms with Gasteiger partial charge >= 0.3 is 0 Å². The fourth-order valence-electron chi connectivity index (χ4n) is 2.49. The molecule has 0 spiro atoms. The summed E-state index contributed by atoms with van der Waals surface area (Å²) in [5.74, 6) is 0.124. The lowest BCUT2D eigenvalue weighted by atomic mass is 10.1. The number of nitrogens with one attached hydrogen (secondary N) is 2. The van der Waals surface area contributed by atoms with Crippen LogP contribution in [0.5, 0.6) is 0 Å². The average molecular weight is 288 g/mol. The first-order valence-electron chi connectivity index (χ1n) is 7.54. The first-order chi connectivity index (χ1) is 10.2. The van der Waals surface area contributed by atoms with Crippen molar-refractivity contribution in [2.45, 2.75) is 38.6 Å². The summed E-state index contributed by atoms with van der Waals surface area (Å²) in [4.78, 5) is 15.1. The van der Waals surface area contributed by atoms with E-state index in [1.165, 1.54) is 10.9 Å². The van der Waals surface area contributed by atoms with E-state index in [2.05, 4.69) is 22.4 Å². The standard InChI is InChI=1S/C17H24N2O2/c1-13(10-11-21-2)19-17(20)9-5-6-14-12-18-16-8-4-3-7-15(14)16/h3-4,7-8,12-13,18H,5-6,9-11H2,1-2H3,(H,19,20). The highest BCUT2D eigenvalue weighted by atomic mass is 16.5. The molecule has 4 nitrogen and oxygen atoms in total. The number of ether oxygens (including phenoxy) is 1. The van der Waals surface area contributed by atoms with Gasteiger partial charge in [0.2, 0.25) is 5.91 Å². The normalized spacial score (nSPS) is 12.5. The molecular weight excluding hydrogens is 264 g/mol. The summed E-state index contributed by atoms with van der Waals surface area (Å²) in [7, 11) is 1.68. The molecule has 1 unspecified atom stereocenters. The third-order valence-corrected chi connectivity index (χ3v) is 3.69. The van der Waals surface area contributed by atoms with Crippen molar-refractivity contribution in [1.29, 1.82) is 0 Å². The molecule has 2 rings (SSSR count). The van der Waals surface area contributed by atoms with Crippen molar-refractivity contribution in [1.82, 2.24) is 10.3 Å².